The maximum absolute atomic E-state index is 12.6. The van der Waals surface area contributed by atoms with Gasteiger partial charge in [0.05, 0.1) is 44.0 Å². The number of carbonyl (C=O) groups excluding carboxylic acids is 2. The first-order valence-corrected chi connectivity index (χ1v) is 8.70. The predicted octanol–water partition coefficient (Wildman–Crippen LogP) is 3.19. The highest BCUT2D eigenvalue weighted by molar-refractivity contribution is 9.10. The zero-order valence-corrected chi connectivity index (χ0v) is 17.0. The summed E-state index contributed by atoms with van der Waals surface area (Å²) in [6.07, 6.45) is 0. The van der Waals surface area contributed by atoms with Crippen molar-refractivity contribution in [2.24, 2.45) is 0 Å². The number of amides is 1. The highest BCUT2D eigenvalue weighted by Gasteiger charge is 2.22. The number of esters is 1. The second-order valence-electron chi connectivity index (χ2n) is 5.38. The Morgan fingerprint density at radius 2 is 1.59 bits per heavy atom. The summed E-state index contributed by atoms with van der Waals surface area (Å²) < 4.78 is 21.0. The van der Waals surface area contributed by atoms with Gasteiger partial charge in [0, 0.05) is 6.54 Å². The Kier molecular flexibility index (Phi) is 7.06. The number of methoxy groups -OCH3 is 4. The van der Waals surface area contributed by atoms with Crippen molar-refractivity contribution in [1.82, 2.24) is 5.32 Å². The van der Waals surface area contributed by atoms with Crippen LogP contribution in [0.5, 0.6) is 17.2 Å². The van der Waals surface area contributed by atoms with Crippen molar-refractivity contribution in [2.45, 2.75) is 6.54 Å². The largest absolute Gasteiger partial charge is 0.493 e. The van der Waals surface area contributed by atoms with Gasteiger partial charge in [-0.05, 0) is 39.7 Å². The Labute approximate surface area is 165 Å². The van der Waals surface area contributed by atoms with E-state index in [2.05, 4.69) is 26.0 Å². The number of hydrogen-bond donors (Lipinski definition) is 1. The summed E-state index contributed by atoms with van der Waals surface area (Å²) in [6.45, 7) is 0.281. The predicted molar refractivity (Wildman–Crippen MR) is 103 cm³/mol. The number of halogens is 1. The third kappa shape index (κ3) is 4.51. The lowest BCUT2D eigenvalue weighted by molar-refractivity contribution is 0.0600. The number of rotatable bonds is 7. The van der Waals surface area contributed by atoms with Crippen molar-refractivity contribution in [3.05, 3.63) is 51.5 Å². The molecule has 0 atom stereocenters. The molecule has 1 amide bonds. The molecule has 0 radical (unpaired) electrons. The average Bonchev–Trinajstić information content (AvgIpc) is 2.71. The lowest BCUT2D eigenvalue weighted by Gasteiger charge is -2.16. The van der Waals surface area contributed by atoms with E-state index >= 15 is 0 Å². The Morgan fingerprint density at radius 1 is 0.963 bits per heavy atom. The van der Waals surface area contributed by atoms with Gasteiger partial charge in [-0.3, -0.25) is 4.79 Å². The minimum absolute atomic E-state index is 0.281. The van der Waals surface area contributed by atoms with E-state index in [4.69, 9.17) is 14.2 Å². The van der Waals surface area contributed by atoms with Crippen molar-refractivity contribution in [2.75, 3.05) is 28.4 Å². The first kappa shape index (κ1) is 20.6. The van der Waals surface area contributed by atoms with Crippen LogP contribution in [0.1, 0.15) is 26.3 Å². The molecule has 7 nitrogen and oxygen atoms in total. The first-order chi connectivity index (χ1) is 13.0. The van der Waals surface area contributed by atoms with Gasteiger partial charge in [0.25, 0.3) is 5.91 Å². The van der Waals surface area contributed by atoms with Crippen LogP contribution in [0.4, 0.5) is 0 Å². The quantitative estimate of drug-likeness (QED) is 0.669. The Balaban J connectivity index is 2.19. The van der Waals surface area contributed by atoms with E-state index in [-0.39, 0.29) is 12.5 Å². The molecule has 0 aliphatic carbocycles. The lowest BCUT2D eigenvalue weighted by atomic mass is 10.1. The van der Waals surface area contributed by atoms with Crippen LogP contribution in [0.2, 0.25) is 0 Å². The molecular formula is C19H20BrNO6. The maximum Gasteiger partial charge on any atom is 0.337 e. The normalized spacial score (nSPS) is 10.1. The molecule has 2 aromatic carbocycles. The molecule has 0 heterocycles. The third-order valence-corrected chi connectivity index (χ3v) is 4.63. The van der Waals surface area contributed by atoms with Gasteiger partial charge in [0.1, 0.15) is 0 Å². The van der Waals surface area contributed by atoms with E-state index in [9.17, 15) is 9.59 Å². The van der Waals surface area contributed by atoms with Gasteiger partial charge in [0.15, 0.2) is 11.5 Å². The van der Waals surface area contributed by atoms with Gasteiger partial charge < -0.3 is 24.3 Å². The zero-order chi connectivity index (χ0) is 20.0. The van der Waals surface area contributed by atoms with Crippen molar-refractivity contribution in [3.63, 3.8) is 0 Å². The summed E-state index contributed by atoms with van der Waals surface area (Å²) in [6, 6.07) is 8.35. The van der Waals surface area contributed by atoms with Crippen LogP contribution in [0.15, 0.2) is 34.8 Å². The molecule has 2 aromatic rings. The van der Waals surface area contributed by atoms with Gasteiger partial charge in [-0.25, -0.2) is 4.79 Å². The molecule has 0 aromatic heterocycles. The van der Waals surface area contributed by atoms with E-state index in [1.807, 2.05) is 0 Å². The molecule has 0 unspecified atom stereocenters. The molecule has 0 bridgehead atoms. The fourth-order valence-corrected chi connectivity index (χ4v) is 3.08. The van der Waals surface area contributed by atoms with Crippen LogP contribution in [-0.4, -0.2) is 40.3 Å². The van der Waals surface area contributed by atoms with Gasteiger partial charge in [-0.1, -0.05) is 12.1 Å². The summed E-state index contributed by atoms with van der Waals surface area (Å²) in [5, 5.41) is 2.82. The second kappa shape index (κ2) is 9.27. The van der Waals surface area contributed by atoms with Crippen LogP contribution >= 0.6 is 15.9 Å². The van der Waals surface area contributed by atoms with E-state index in [1.54, 1.807) is 30.3 Å². The van der Waals surface area contributed by atoms with E-state index in [1.165, 1.54) is 28.4 Å². The Hall–Kier alpha value is -2.74. The molecule has 0 fully saturated rings. The summed E-state index contributed by atoms with van der Waals surface area (Å²) >= 11 is 3.38. The summed E-state index contributed by atoms with van der Waals surface area (Å²) in [5.74, 6) is 0.404. The highest BCUT2D eigenvalue weighted by Crippen LogP contribution is 2.44. The Morgan fingerprint density at radius 3 is 2.11 bits per heavy atom. The minimum Gasteiger partial charge on any atom is -0.493 e. The molecule has 144 valence electrons. The fraction of sp³-hybridized carbons (Fsp3) is 0.263. The zero-order valence-electron chi connectivity index (χ0n) is 15.4. The van der Waals surface area contributed by atoms with Crippen LogP contribution in [0, 0.1) is 0 Å². The molecule has 27 heavy (non-hydrogen) atoms. The number of carbonyl (C=O) groups is 2. The SMILES string of the molecule is COC(=O)c1ccc(CNC(=O)c2cc(OC)c(OC)c(OC)c2Br)cc1. The third-order valence-electron chi connectivity index (χ3n) is 3.84. The number of nitrogens with one attached hydrogen (secondary N) is 1. The Bertz CT molecular complexity index is 835. The molecule has 0 aliphatic heterocycles. The molecule has 8 heteroatoms. The molecule has 0 spiro atoms. The smallest absolute Gasteiger partial charge is 0.337 e. The lowest BCUT2D eigenvalue weighted by Crippen LogP contribution is -2.23. The van der Waals surface area contributed by atoms with Gasteiger partial charge in [0.2, 0.25) is 5.75 Å². The summed E-state index contributed by atoms with van der Waals surface area (Å²) in [5.41, 5.74) is 1.62. The van der Waals surface area contributed by atoms with Crippen molar-refractivity contribution >= 4 is 27.8 Å². The van der Waals surface area contributed by atoms with Crippen molar-refractivity contribution < 1.29 is 28.5 Å². The molecule has 0 aliphatic rings. The van der Waals surface area contributed by atoms with E-state index in [0.717, 1.165) is 5.56 Å². The topological polar surface area (TPSA) is 83.1 Å². The van der Waals surface area contributed by atoms with Crippen LogP contribution < -0.4 is 19.5 Å². The first-order valence-electron chi connectivity index (χ1n) is 7.90. The summed E-state index contributed by atoms with van der Waals surface area (Å²) in [4.78, 5) is 24.1. The molecule has 0 saturated carbocycles. The number of ether oxygens (including phenoxy) is 4. The highest BCUT2D eigenvalue weighted by atomic mass is 79.9. The molecule has 0 saturated heterocycles. The van der Waals surface area contributed by atoms with Gasteiger partial charge in [-0.2, -0.15) is 0 Å². The summed E-state index contributed by atoms with van der Waals surface area (Å²) in [7, 11) is 5.78. The van der Waals surface area contributed by atoms with Crippen molar-refractivity contribution in [3.8, 4) is 17.2 Å². The van der Waals surface area contributed by atoms with Crippen LogP contribution in [-0.2, 0) is 11.3 Å². The minimum atomic E-state index is -0.410. The van der Waals surface area contributed by atoms with Crippen LogP contribution in [0.3, 0.4) is 0 Å². The molecule has 1 N–H and O–H groups in total. The molecular weight excluding hydrogens is 418 g/mol. The van der Waals surface area contributed by atoms with Gasteiger partial charge in [-0.15, -0.1) is 0 Å². The average molecular weight is 438 g/mol. The standard InChI is InChI=1S/C19H20BrNO6/c1-24-14-9-13(15(20)17(26-3)16(14)25-2)18(22)21-10-11-5-7-12(8-6-11)19(23)27-4/h5-9H,10H2,1-4H3,(H,21,22). The monoisotopic (exact) mass is 437 g/mol. The fourth-order valence-electron chi connectivity index (χ4n) is 2.44. The number of hydrogen-bond acceptors (Lipinski definition) is 6. The van der Waals surface area contributed by atoms with E-state index < -0.39 is 5.97 Å². The maximum atomic E-state index is 12.6. The second-order valence-corrected chi connectivity index (χ2v) is 6.17. The molecule has 2 rings (SSSR count). The van der Waals surface area contributed by atoms with E-state index in [0.29, 0.717) is 32.8 Å². The van der Waals surface area contributed by atoms with Crippen molar-refractivity contribution in [1.29, 1.82) is 0 Å². The number of benzene rings is 2. The van der Waals surface area contributed by atoms with Crippen LogP contribution in [0.25, 0.3) is 0 Å². The van der Waals surface area contributed by atoms with Gasteiger partial charge >= 0.3 is 5.97 Å².